The Hall–Kier alpha value is -2.36. The molecule has 1 unspecified atom stereocenters. The van der Waals surface area contributed by atoms with Gasteiger partial charge in [0.15, 0.2) is 0 Å². The summed E-state index contributed by atoms with van der Waals surface area (Å²) in [5, 5.41) is 1.77. The molecule has 0 bridgehead atoms. The van der Waals surface area contributed by atoms with Crippen LogP contribution in [-0.2, 0) is 4.79 Å². The van der Waals surface area contributed by atoms with Crippen LogP contribution in [0.5, 0.6) is 5.75 Å². The number of aliphatic imine (C=N–C) groups is 1. The van der Waals surface area contributed by atoms with Crippen LogP contribution in [0.2, 0.25) is 18.1 Å². The molecule has 6 nitrogen and oxygen atoms in total. The Kier molecular flexibility index (Phi) is 6.56. The molecule has 1 amide bonds. The molecule has 1 aromatic heterocycles. The van der Waals surface area contributed by atoms with Crippen molar-refractivity contribution >= 4 is 58.3 Å². The van der Waals surface area contributed by atoms with E-state index in [1.807, 2.05) is 56.3 Å². The van der Waals surface area contributed by atoms with E-state index >= 15 is 0 Å². The number of aromatic nitrogens is 1. The standard InChI is InChI=1S/C25H32N4O2S2Si/c1-24(2,3)34(6,7)31-17-13-14-18-19(15-17)32-22(26-18)23-27-20(25(4,5)33-23)21(30)29-28-16-11-9-8-10-12-16/h8-15,20,28H,1-7H3,(H,29,30). The van der Waals surface area contributed by atoms with Gasteiger partial charge in [0.1, 0.15) is 21.8 Å². The topological polar surface area (TPSA) is 75.6 Å². The predicted octanol–water partition coefficient (Wildman–Crippen LogP) is 6.46. The van der Waals surface area contributed by atoms with E-state index in [1.165, 1.54) is 0 Å². The van der Waals surface area contributed by atoms with Crippen LogP contribution in [0.4, 0.5) is 5.69 Å². The number of thioether (sulfide) groups is 1. The maximum absolute atomic E-state index is 12.9. The first-order chi connectivity index (χ1) is 15.9. The Balaban J connectivity index is 1.53. The second kappa shape index (κ2) is 9.01. The summed E-state index contributed by atoms with van der Waals surface area (Å²) >= 11 is 3.19. The summed E-state index contributed by atoms with van der Waals surface area (Å²) in [6.45, 7) is 15.3. The minimum absolute atomic E-state index is 0.132. The van der Waals surface area contributed by atoms with Crippen LogP contribution in [-0.4, -0.2) is 35.0 Å². The van der Waals surface area contributed by atoms with Crippen LogP contribution < -0.4 is 15.3 Å². The largest absolute Gasteiger partial charge is 0.543 e. The fourth-order valence-electron chi connectivity index (χ4n) is 3.31. The molecule has 4 rings (SSSR count). The van der Waals surface area contributed by atoms with Crippen molar-refractivity contribution in [1.82, 2.24) is 10.4 Å². The molecule has 0 saturated heterocycles. The predicted molar refractivity (Wildman–Crippen MR) is 148 cm³/mol. The molecule has 3 aromatic rings. The highest BCUT2D eigenvalue weighted by Crippen LogP contribution is 2.42. The summed E-state index contributed by atoms with van der Waals surface area (Å²) in [4.78, 5) is 22.5. The highest BCUT2D eigenvalue weighted by Gasteiger charge is 2.43. The number of carbonyl (C=O) groups is 1. The molecule has 0 fully saturated rings. The molecule has 0 aliphatic carbocycles. The van der Waals surface area contributed by atoms with Crippen molar-refractivity contribution in [3.8, 4) is 5.75 Å². The number of hydrogen-bond acceptors (Lipinski definition) is 7. The van der Waals surface area contributed by atoms with Gasteiger partial charge < -0.3 is 4.43 Å². The van der Waals surface area contributed by atoms with Crippen LogP contribution in [0.1, 0.15) is 39.6 Å². The summed E-state index contributed by atoms with van der Waals surface area (Å²) in [5.41, 5.74) is 7.51. The molecule has 0 spiro atoms. The minimum atomic E-state index is -1.92. The van der Waals surface area contributed by atoms with E-state index in [0.717, 1.165) is 31.7 Å². The van der Waals surface area contributed by atoms with E-state index in [-0.39, 0.29) is 15.7 Å². The van der Waals surface area contributed by atoms with Gasteiger partial charge in [0.25, 0.3) is 5.91 Å². The van der Waals surface area contributed by atoms with E-state index in [2.05, 4.69) is 50.8 Å². The van der Waals surface area contributed by atoms with Gasteiger partial charge in [0.2, 0.25) is 8.32 Å². The van der Waals surface area contributed by atoms with Crippen LogP contribution in [0.3, 0.4) is 0 Å². The molecule has 0 saturated carbocycles. The lowest BCUT2D eigenvalue weighted by Crippen LogP contribution is -2.44. The summed E-state index contributed by atoms with van der Waals surface area (Å²) in [6, 6.07) is 15.1. The van der Waals surface area contributed by atoms with Crippen molar-refractivity contribution in [2.45, 2.75) is 63.5 Å². The van der Waals surface area contributed by atoms with Gasteiger partial charge in [-0.05, 0) is 62.3 Å². The third kappa shape index (κ3) is 5.16. The van der Waals surface area contributed by atoms with E-state index in [9.17, 15) is 4.79 Å². The SMILES string of the molecule is CC1(C)SC(c2nc3ccc(O[Si](C)(C)C(C)(C)C)cc3s2)=NC1C(=O)NNc1ccccc1. The Bertz CT molecular complexity index is 1230. The van der Waals surface area contributed by atoms with Crippen molar-refractivity contribution in [2.75, 3.05) is 5.43 Å². The molecule has 2 heterocycles. The van der Waals surface area contributed by atoms with Crippen LogP contribution >= 0.6 is 23.1 Å². The summed E-state index contributed by atoms with van der Waals surface area (Å²) < 4.78 is 7.15. The Morgan fingerprint density at radius 3 is 2.50 bits per heavy atom. The molecule has 1 aliphatic rings. The van der Waals surface area contributed by atoms with Crippen LogP contribution in [0, 0.1) is 0 Å². The molecule has 1 atom stereocenters. The minimum Gasteiger partial charge on any atom is -0.543 e. The van der Waals surface area contributed by atoms with Crippen molar-refractivity contribution < 1.29 is 9.22 Å². The van der Waals surface area contributed by atoms with E-state index in [1.54, 1.807) is 23.1 Å². The number of fused-ring (bicyclic) bond motifs is 1. The second-order valence-corrected chi connectivity index (χ2v) is 17.9. The number of nitrogens with one attached hydrogen (secondary N) is 2. The fourth-order valence-corrected chi connectivity index (χ4v) is 6.53. The molecule has 0 radical (unpaired) electrons. The molecule has 2 aromatic carbocycles. The number of carbonyl (C=O) groups excluding carboxylic acids is 1. The summed E-state index contributed by atoms with van der Waals surface area (Å²) in [5.74, 6) is 0.724. The number of hydrazine groups is 1. The Morgan fingerprint density at radius 2 is 1.82 bits per heavy atom. The number of para-hydroxylation sites is 1. The number of benzene rings is 2. The molecular formula is C25H32N4O2S2Si. The monoisotopic (exact) mass is 512 g/mol. The van der Waals surface area contributed by atoms with Gasteiger partial charge in [-0.3, -0.25) is 20.6 Å². The lowest BCUT2D eigenvalue weighted by atomic mass is 10.0. The highest BCUT2D eigenvalue weighted by atomic mass is 32.2. The Labute approximate surface area is 210 Å². The maximum atomic E-state index is 12.9. The number of nitrogens with zero attached hydrogens (tertiary/aromatic N) is 2. The van der Waals surface area contributed by atoms with Crippen molar-refractivity contribution in [3.63, 3.8) is 0 Å². The van der Waals surface area contributed by atoms with Gasteiger partial charge in [0.05, 0.1) is 15.9 Å². The van der Waals surface area contributed by atoms with Crippen molar-refractivity contribution in [1.29, 1.82) is 0 Å². The summed E-state index contributed by atoms with van der Waals surface area (Å²) in [6.07, 6.45) is 0. The van der Waals surface area contributed by atoms with Gasteiger partial charge in [-0.25, -0.2) is 4.98 Å². The quantitative estimate of drug-likeness (QED) is 0.293. The average molecular weight is 513 g/mol. The van der Waals surface area contributed by atoms with Gasteiger partial charge in [0, 0.05) is 4.75 Å². The van der Waals surface area contributed by atoms with E-state index < -0.39 is 14.4 Å². The average Bonchev–Trinajstić information content (AvgIpc) is 3.31. The number of amides is 1. The van der Waals surface area contributed by atoms with Crippen molar-refractivity contribution in [2.24, 2.45) is 4.99 Å². The van der Waals surface area contributed by atoms with Gasteiger partial charge in [-0.1, -0.05) is 50.7 Å². The number of rotatable bonds is 6. The lowest BCUT2D eigenvalue weighted by Gasteiger charge is -2.36. The third-order valence-corrected chi connectivity index (χ3v) is 13.1. The van der Waals surface area contributed by atoms with Gasteiger partial charge in [-0.15, -0.1) is 11.3 Å². The first-order valence-electron chi connectivity index (χ1n) is 11.3. The molecule has 9 heteroatoms. The summed E-state index contributed by atoms with van der Waals surface area (Å²) in [7, 11) is -1.92. The first kappa shape index (κ1) is 24.8. The molecule has 34 heavy (non-hydrogen) atoms. The molecular weight excluding hydrogens is 481 g/mol. The highest BCUT2D eigenvalue weighted by molar-refractivity contribution is 8.16. The smallest absolute Gasteiger partial charge is 0.264 e. The number of hydrogen-bond donors (Lipinski definition) is 2. The van der Waals surface area contributed by atoms with Gasteiger partial charge >= 0.3 is 0 Å². The normalized spacial score (nSPS) is 18.0. The van der Waals surface area contributed by atoms with Crippen LogP contribution in [0.25, 0.3) is 10.2 Å². The lowest BCUT2D eigenvalue weighted by molar-refractivity contribution is -0.122. The molecule has 180 valence electrons. The van der Waals surface area contributed by atoms with Gasteiger partial charge in [-0.2, -0.15) is 0 Å². The molecule has 2 N–H and O–H groups in total. The van der Waals surface area contributed by atoms with Crippen LogP contribution in [0.15, 0.2) is 53.5 Å². The zero-order chi connectivity index (χ0) is 24.7. The Morgan fingerprint density at radius 1 is 1.12 bits per heavy atom. The zero-order valence-electron chi connectivity index (χ0n) is 20.7. The fraction of sp³-hybridized carbons (Fsp3) is 0.400. The molecule has 1 aliphatic heterocycles. The second-order valence-electron chi connectivity index (χ2n) is 10.5. The van der Waals surface area contributed by atoms with E-state index in [0.29, 0.717) is 0 Å². The maximum Gasteiger partial charge on any atom is 0.264 e. The first-order valence-corrected chi connectivity index (χ1v) is 15.9. The zero-order valence-corrected chi connectivity index (χ0v) is 23.4. The number of anilines is 1. The van der Waals surface area contributed by atoms with E-state index in [4.69, 9.17) is 14.4 Å². The third-order valence-electron chi connectivity index (χ3n) is 6.34. The number of thiazole rings is 1. The van der Waals surface area contributed by atoms with Crippen molar-refractivity contribution in [3.05, 3.63) is 53.5 Å².